The van der Waals surface area contributed by atoms with Gasteiger partial charge in [0, 0.05) is 49.8 Å². The topological polar surface area (TPSA) is 209 Å². The van der Waals surface area contributed by atoms with Crippen LogP contribution in [0, 0.1) is 12.3 Å². The number of nitrogens with one attached hydrogen (secondary N) is 4. The predicted molar refractivity (Wildman–Crippen MR) is 230 cm³/mol. The number of aliphatic hydroxyl groups is 1. The first kappa shape index (κ1) is 42.7. The maximum absolute atomic E-state index is 14.0. The normalized spacial score (nSPS) is 15.7. The third-order valence-electron chi connectivity index (χ3n) is 10.6. The number of aromatic nitrogens is 5. The summed E-state index contributed by atoms with van der Waals surface area (Å²) in [6.07, 6.45) is 5.29. The lowest BCUT2D eigenvalue weighted by molar-refractivity contribution is -0.144. The van der Waals surface area contributed by atoms with Gasteiger partial charge in [0.2, 0.25) is 23.7 Å². The zero-order chi connectivity index (χ0) is 43.1. The van der Waals surface area contributed by atoms with Gasteiger partial charge in [-0.3, -0.25) is 23.6 Å². The molecule has 0 aliphatic carbocycles. The second-order valence-electron chi connectivity index (χ2n) is 16.2. The monoisotopic (exact) mass is 846 g/mol. The van der Waals surface area contributed by atoms with Crippen LogP contribution in [0.15, 0.2) is 89.4 Å². The van der Waals surface area contributed by atoms with Crippen molar-refractivity contribution in [2.45, 2.75) is 84.7 Å². The number of anilines is 1. The number of rotatable bonds is 16. The Labute approximate surface area is 357 Å². The van der Waals surface area contributed by atoms with E-state index in [-0.39, 0.29) is 43.7 Å². The lowest BCUT2D eigenvalue weighted by Gasteiger charge is -2.35. The van der Waals surface area contributed by atoms with Gasteiger partial charge in [0.05, 0.1) is 35.0 Å². The number of hydrogen-bond acceptors (Lipinski definition) is 12. The van der Waals surface area contributed by atoms with Gasteiger partial charge in [0.1, 0.15) is 24.2 Å². The molecule has 16 nitrogen and oxygen atoms in total. The molecule has 5 N–H and O–H groups in total. The summed E-state index contributed by atoms with van der Waals surface area (Å²) in [6, 6.07) is 16.9. The van der Waals surface area contributed by atoms with Crippen molar-refractivity contribution >= 4 is 46.6 Å². The fourth-order valence-corrected chi connectivity index (χ4v) is 8.07. The van der Waals surface area contributed by atoms with Crippen molar-refractivity contribution in [2.75, 3.05) is 18.4 Å². The van der Waals surface area contributed by atoms with E-state index >= 15 is 0 Å². The highest BCUT2D eigenvalue weighted by Crippen LogP contribution is 2.29. The van der Waals surface area contributed by atoms with Crippen LogP contribution in [0.2, 0.25) is 0 Å². The molecule has 5 heterocycles. The van der Waals surface area contributed by atoms with Crippen molar-refractivity contribution in [1.82, 2.24) is 45.4 Å². The number of furan rings is 1. The lowest BCUT2D eigenvalue weighted by atomic mass is 9.85. The number of carbonyl (C=O) groups excluding carboxylic acids is 4. The van der Waals surface area contributed by atoms with E-state index in [1.165, 1.54) is 4.90 Å². The average Bonchev–Trinajstić information content (AvgIpc) is 4.09. The fourth-order valence-electron chi connectivity index (χ4n) is 7.26. The molecule has 3 atom stereocenters. The Morgan fingerprint density at radius 3 is 2.44 bits per heavy atom. The van der Waals surface area contributed by atoms with E-state index in [4.69, 9.17) is 4.42 Å². The minimum atomic E-state index is -0.926. The van der Waals surface area contributed by atoms with Crippen LogP contribution in [-0.2, 0) is 27.5 Å². The van der Waals surface area contributed by atoms with Crippen molar-refractivity contribution in [1.29, 1.82) is 0 Å². The van der Waals surface area contributed by atoms with Gasteiger partial charge in [-0.1, -0.05) is 57.2 Å². The molecule has 7 rings (SSSR count). The average molecular weight is 847 g/mol. The van der Waals surface area contributed by atoms with Crippen molar-refractivity contribution in [3.05, 3.63) is 108 Å². The smallest absolute Gasteiger partial charge is 0.251 e. The number of aryl methyl sites for hydroxylation is 1. The summed E-state index contributed by atoms with van der Waals surface area (Å²) >= 11 is 1.57. The molecule has 1 saturated heterocycles. The van der Waals surface area contributed by atoms with Gasteiger partial charge in [0.15, 0.2) is 5.65 Å². The van der Waals surface area contributed by atoms with E-state index in [1.54, 1.807) is 46.7 Å². The van der Waals surface area contributed by atoms with E-state index in [1.807, 2.05) is 81.7 Å². The van der Waals surface area contributed by atoms with Gasteiger partial charge in [0.25, 0.3) is 5.91 Å². The number of thiazole rings is 1. The highest BCUT2D eigenvalue weighted by atomic mass is 32.1. The number of likely N-dealkylation sites (tertiary alicyclic amines) is 1. The number of nitrogens with zero attached hydrogens (tertiary/aromatic N) is 6. The third-order valence-corrected chi connectivity index (χ3v) is 11.6. The van der Waals surface area contributed by atoms with E-state index < -0.39 is 29.5 Å². The molecule has 318 valence electrons. The first-order chi connectivity index (χ1) is 29.4. The molecule has 1 aliphatic heterocycles. The number of hydrogen-bond donors (Lipinski definition) is 5. The summed E-state index contributed by atoms with van der Waals surface area (Å²) in [4.78, 5) is 64.9. The van der Waals surface area contributed by atoms with Crippen LogP contribution in [-0.4, -0.2) is 89.5 Å². The highest BCUT2D eigenvalue weighted by Gasteiger charge is 2.44. The largest absolute Gasteiger partial charge is 0.467 e. The molecule has 1 fully saturated rings. The molecule has 61 heavy (non-hydrogen) atoms. The predicted octanol–water partition coefficient (Wildman–Crippen LogP) is 5.14. The minimum absolute atomic E-state index is 0.00772. The zero-order valence-corrected chi connectivity index (χ0v) is 35.4. The van der Waals surface area contributed by atoms with Crippen molar-refractivity contribution in [3.63, 3.8) is 0 Å². The molecular weight excluding hydrogens is 797 g/mol. The van der Waals surface area contributed by atoms with Crippen LogP contribution in [0.3, 0.4) is 0 Å². The van der Waals surface area contributed by atoms with Crippen LogP contribution >= 0.6 is 11.3 Å². The number of carbonyl (C=O) groups is 4. The molecule has 3 unspecified atom stereocenters. The highest BCUT2D eigenvalue weighted by molar-refractivity contribution is 7.13. The fraction of sp³-hybridized carbons (Fsp3) is 0.364. The Hall–Kier alpha value is -6.46. The molecule has 4 amide bonds. The maximum Gasteiger partial charge on any atom is 0.251 e. The van der Waals surface area contributed by atoms with Crippen molar-refractivity contribution in [2.24, 2.45) is 5.41 Å². The molecule has 6 aromatic rings. The first-order valence-electron chi connectivity index (χ1n) is 20.2. The van der Waals surface area contributed by atoms with Gasteiger partial charge >= 0.3 is 0 Å². The number of amides is 4. The Bertz CT molecular complexity index is 2460. The lowest BCUT2D eigenvalue weighted by Crippen LogP contribution is -2.57. The summed E-state index contributed by atoms with van der Waals surface area (Å²) in [6.45, 7) is 8.56. The first-order valence-corrected chi connectivity index (χ1v) is 21.1. The number of β-amino-alcohol motifs (C(OH)–C–C–N with tert-alkyl or cyclic N) is 1. The summed E-state index contributed by atoms with van der Waals surface area (Å²) in [5, 5.41) is 30.9. The minimum Gasteiger partial charge on any atom is -0.467 e. The van der Waals surface area contributed by atoms with Crippen LogP contribution in [0.25, 0.3) is 27.2 Å². The van der Waals surface area contributed by atoms with Crippen LogP contribution < -0.4 is 21.3 Å². The SMILES string of the molecule is Cc1ncsc1-c1ccc(CNC(=O)C2CC(O)CN2C(=O)C(NC(=O)CCCCNC(=O)c2ccc(-c3cnc(NCc4ccco4)n4cnnc34)cc2)C(C)(C)C)cc1. The van der Waals surface area contributed by atoms with Crippen molar-refractivity contribution < 1.29 is 28.7 Å². The number of fused-ring (bicyclic) bond motifs is 1. The molecule has 0 bridgehead atoms. The van der Waals surface area contributed by atoms with Crippen LogP contribution in [0.1, 0.15) is 73.8 Å². The molecule has 0 radical (unpaired) electrons. The second kappa shape index (κ2) is 18.9. The zero-order valence-electron chi connectivity index (χ0n) is 34.6. The standard InChI is InChI=1S/C44H50N10O6S/c1-27-37(61-26-49-27)30-12-10-28(11-13-30)21-46-41(58)35-20-32(55)24-53(35)42(59)38(44(2,3)4)51-36(56)9-5-6-18-45-40(57)31-16-14-29(15-17-31)34-23-48-43(54-25-50-52-39(34)54)47-22-33-8-7-19-60-33/h7-8,10-17,19,23,25-26,32,35,38,55H,5-6,9,18,20-22,24H2,1-4H3,(H,45,57)(H,46,58)(H,47,48)(H,51,56). The van der Waals surface area contributed by atoms with E-state index in [2.05, 4.69) is 41.4 Å². The Morgan fingerprint density at radius 2 is 1.74 bits per heavy atom. The van der Waals surface area contributed by atoms with E-state index in [0.717, 1.165) is 38.6 Å². The van der Waals surface area contributed by atoms with Gasteiger partial charge in [-0.05, 0) is 66.1 Å². The molecule has 17 heteroatoms. The van der Waals surface area contributed by atoms with Crippen molar-refractivity contribution in [3.8, 4) is 21.6 Å². The summed E-state index contributed by atoms with van der Waals surface area (Å²) in [7, 11) is 0. The number of benzene rings is 2. The molecule has 2 aromatic carbocycles. The van der Waals surface area contributed by atoms with Gasteiger partial charge in [-0.15, -0.1) is 21.5 Å². The molecule has 0 spiro atoms. The number of unbranched alkanes of at least 4 members (excludes halogenated alkanes) is 1. The molecular formula is C44H50N10O6S. The molecule has 1 aliphatic rings. The Kier molecular flexibility index (Phi) is 13.2. The summed E-state index contributed by atoms with van der Waals surface area (Å²) < 4.78 is 7.14. The third kappa shape index (κ3) is 10.3. The number of aliphatic hydroxyl groups excluding tert-OH is 1. The summed E-state index contributed by atoms with van der Waals surface area (Å²) in [5.74, 6) is -0.0194. The quantitative estimate of drug-likeness (QED) is 0.0806. The van der Waals surface area contributed by atoms with Crippen LogP contribution in [0.5, 0.6) is 0 Å². The Morgan fingerprint density at radius 1 is 0.967 bits per heavy atom. The van der Waals surface area contributed by atoms with E-state index in [0.29, 0.717) is 43.1 Å². The van der Waals surface area contributed by atoms with Gasteiger partial charge < -0.3 is 35.7 Å². The second-order valence-corrected chi connectivity index (χ2v) is 17.0. The van der Waals surface area contributed by atoms with Gasteiger partial charge in [-0.25, -0.2) is 9.97 Å². The maximum atomic E-state index is 14.0. The van der Waals surface area contributed by atoms with Gasteiger partial charge in [-0.2, -0.15) is 0 Å². The molecule has 4 aromatic heterocycles. The summed E-state index contributed by atoms with van der Waals surface area (Å²) in [5.41, 5.74) is 6.69. The van der Waals surface area contributed by atoms with Crippen LogP contribution in [0.4, 0.5) is 5.95 Å². The van der Waals surface area contributed by atoms with E-state index in [9.17, 15) is 24.3 Å². The Balaban J connectivity index is 0.863. The molecule has 0 saturated carbocycles.